The molecule has 1 rings (SSSR count). The van der Waals surface area contributed by atoms with Gasteiger partial charge < -0.3 is 0 Å². The van der Waals surface area contributed by atoms with Crippen molar-refractivity contribution in [1.29, 1.82) is 0 Å². The van der Waals surface area contributed by atoms with Crippen molar-refractivity contribution in [3.05, 3.63) is 77.4 Å². The molecule has 0 heterocycles. The Morgan fingerprint density at radius 3 is 1.92 bits per heavy atom. The Bertz CT molecular complexity index is 537. The van der Waals surface area contributed by atoms with E-state index in [-0.39, 0.29) is 0 Å². The Morgan fingerprint density at radius 2 is 1.54 bits per heavy atom. The molecule has 24 heavy (non-hydrogen) atoms. The lowest BCUT2D eigenvalue weighted by Gasteiger charge is -2.15. The molecule has 0 nitrogen and oxygen atoms in total. The fourth-order valence-electron chi connectivity index (χ4n) is 2.04. The van der Waals surface area contributed by atoms with Crippen LogP contribution in [0.3, 0.4) is 0 Å². The van der Waals surface area contributed by atoms with Gasteiger partial charge >= 0.3 is 0 Å². The third kappa shape index (κ3) is 8.72. The van der Waals surface area contributed by atoms with Crippen LogP contribution in [0.4, 0.5) is 0 Å². The van der Waals surface area contributed by atoms with Crippen LogP contribution in [0.15, 0.2) is 66.3 Å². The number of unbranched alkanes of at least 4 members (excludes halogenated alkanes) is 1. The maximum Gasteiger partial charge on any atom is -0.0149 e. The summed E-state index contributed by atoms with van der Waals surface area (Å²) in [4.78, 5) is 0. The van der Waals surface area contributed by atoms with Gasteiger partial charge in [0.2, 0.25) is 0 Å². The minimum absolute atomic E-state index is 1.24. The van der Waals surface area contributed by atoms with Gasteiger partial charge in [-0.25, -0.2) is 0 Å². The topological polar surface area (TPSA) is 0 Å². The second-order valence-electron chi connectivity index (χ2n) is 5.31. The molecule has 0 spiro atoms. The summed E-state index contributed by atoms with van der Waals surface area (Å²) in [7, 11) is 0. The zero-order valence-electron chi connectivity index (χ0n) is 17.2. The van der Waals surface area contributed by atoms with Crippen molar-refractivity contribution in [1.82, 2.24) is 0 Å². The predicted octanol–water partition coefficient (Wildman–Crippen LogP) is 8.31. The van der Waals surface area contributed by atoms with Crippen LogP contribution in [-0.4, -0.2) is 0 Å². The SMILES string of the molecule is C=C/C=C(C(\C)=C/C)/C(=C\C)c1ccccc1C.CC.CCCC. The van der Waals surface area contributed by atoms with E-state index in [2.05, 4.69) is 90.6 Å². The summed E-state index contributed by atoms with van der Waals surface area (Å²) in [5.41, 5.74) is 6.36. The summed E-state index contributed by atoms with van der Waals surface area (Å²) in [5.74, 6) is 0. The lowest BCUT2D eigenvalue weighted by atomic mass is 9.90. The Hall–Kier alpha value is -1.82. The highest BCUT2D eigenvalue weighted by Gasteiger charge is 2.09. The van der Waals surface area contributed by atoms with Crippen LogP contribution in [0.5, 0.6) is 0 Å². The summed E-state index contributed by atoms with van der Waals surface area (Å²) in [5, 5.41) is 0. The molecule has 0 bridgehead atoms. The second-order valence-corrected chi connectivity index (χ2v) is 5.31. The number of hydrogen-bond acceptors (Lipinski definition) is 0. The summed E-state index contributed by atoms with van der Waals surface area (Å²) in [6, 6.07) is 8.48. The molecule has 0 N–H and O–H groups in total. The fraction of sp³-hybridized carbons (Fsp3) is 0.417. The number of benzene rings is 1. The first-order valence-electron chi connectivity index (χ1n) is 9.25. The molecule has 0 saturated carbocycles. The Kier molecular flexibility index (Phi) is 16.3. The van der Waals surface area contributed by atoms with E-state index in [1.54, 1.807) is 0 Å². The Morgan fingerprint density at radius 1 is 1.00 bits per heavy atom. The standard InChI is InChI=1S/C18H22.C4H10.C2H6/c1-6-11-17(14(4)7-2)16(8-3)18-13-10-9-12-15(18)5;1-3-4-2;1-2/h6-13H,1H2,2-5H3;3-4H2,1-2H3;1-2H3/b14-7-,16-8+,17-11+;;. The van der Waals surface area contributed by atoms with Crippen LogP contribution in [0.2, 0.25) is 0 Å². The molecule has 0 saturated heterocycles. The van der Waals surface area contributed by atoms with E-state index in [0.717, 1.165) is 0 Å². The van der Waals surface area contributed by atoms with Crippen molar-refractivity contribution >= 4 is 5.57 Å². The van der Waals surface area contributed by atoms with Gasteiger partial charge in [-0.2, -0.15) is 0 Å². The lowest BCUT2D eigenvalue weighted by molar-refractivity contribution is 0.886. The van der Waals surface area contributed by atoms with Gasteiger partial charge in [-0.3, -0.25) is 0 Å². The third-order valence-electron chi connectivity index (χ3n) is 3.66. The van der Waals surface area contributed by atoms with E-state index in [9.17, 15) is 0 Å². The fourth-order valence-corrected chi connectivity index (χ4v) is 2.04. The van der Waals surface area contributed by atoms with E-state index in [1.807, 2.05) is 19.9 Å². The molecular formula is C24H38. The molecule has 0 aliphatic carbocycles. The highest BCUT2D eigenvalue weighted by molar-refractivity contribution is 5.84. The van der Waals surface area contributed by atoms with Crippen molar-refractivity contribution in [2.24, 2.45) is 0 Å². The quantitative estimate of drug-likeness (QED) is 0.477. The van der Waals surface area contributed by atoms with Crippen molar-refractivity contribution in [2.75, 3.05) is 0 Å². The number of allylic oxidation sites excluding steroid dienone is 7. The smallest absolute Gasteiger partial charge is 0.0149 e. The van der Waals surface area contributed by atoms with Crippen molar-refractivity contribution < 1.29 is 0 Å². The molecule has 0 amide bonds. The normalized spacial score (nSPS) is 11.8. The highest BCUT2D eigenvalue weighted by atomic mass is 14.1. The van der Waals surface area contributed by atoms with Crippen LogP contribution in [0, 0.1) is 6.92 Å². The van der Waals surface area contributed by atoms with Gasteiger partial charge in [0.25, 0.3) is 0 Å². The Labute approximate surface area is 151 Å². The first-order valence-corrected chi connectivity index (χ1v) is 9.25. The monoisotopic (exact) mass is 326 g/mol. The molecule has 0 unspecified atom stereocenters. The largest absolute Gasteiger partial charge is 0.0990 e. The molecule has 1 aromatic carbocycles. The molecule has 0 aromatic heterocycles. The first kappa shape index (κ1) is 24.4. The lowest BCUT2D eigenvalue weighted by Crippen LogP contribution is -1.94. The van der Waals surface area contributed by atoms with Crippen LogP contribution >= 0.6 is 0 Å². The second kappa shape index (κ2) is 16.1. The van der Waals surface area contributed by atoms with E-state index < -0.39 is 0 Å². The van der Waals surface area contributed by atoms with E-state index in [1.165, 1.54) is 40.7 Å². The maximum atomic E-state index is 3.82. The summed E-state index contributed by atoms with van der Waals surface area (Å²) >= 11 is 0. The van der Waals surface area contributed by atoms with Gasteiger partial charge in [0.1, 0.15) is 0 Å². The third-order valence-corrected chi connectivity index (χ3v) is 3.66. The van der Waals surface area contributed by atoms with Crippen molar-refractivity contribution in [3.63, 3.8) is 0 Å². The van der Waals surface area contributed by atoms with Crippen LogP contribution in [0.25, 0.3) is 5.57 Å². The Balaban J connectivity index is 0. The predicted molar refractivity (Wildman–Crippen MR) is 114 cm³/mol. The minimum Gasteiger partial charge on any atom is -0.0990 e. The summed E-state index contributed by atoms with van der Waals surface area (Å²) in [6.45, 7) is 20.6. The number of aryl methyl sites for hydroxylation is 1. The highest BCUT2D eigenvalue weighted by Crippen LogP contribution is 2.30. The van der Waals surface area contributed by atoms with E-state index >= 15 is 0 Å². The summed E-state index contributed by atoms with van der Waals surface area (Å²) in [6.07, 6.45) is 10.9. The van der Waals surface area contributed by atoms with Gasteiger partial charge in [-0.05, 0) is 55.5 Å². The molecular weight excluding hydrogens is 288 g/mol. The average Bonchev–Trinajstić information content (AvgIpc) is 2.64. The van der Waals surface area contributed by atoms with E-state index in [0.29, 0.717) is 0 Å². The average molecular weight is 327 g/mol. The van der Waals surface area contributed by atoms with Crippen LogP contribution < -0.4 is 0 Å². The van der Waals surface area contributed by atoms with Crippen molar-refractivity contribution in [2.45, 2.75) is 68.2 Å². The van der Waals surface area contributed by atoms with Gasteiger partial charge in [0, 0.05) is 0 Å². The number of rotatable bonds is 5. The van der Waals surface area contributed by atoms with Gasteiger partial charge in [0.05, 0.1) is 0 Å². The minimum atomic E-state index is 1.24. The van der Waals surface area contributed by atoms with Gasteiger partial charge in [-0.1, -0.05) is 95.7 Å². The molecule has 134 valence electrons. The van der Waals surface area contributed by atoms with Gasteiger partial charge in [-0.15, -0.1) is 0 Å². The molecule has 0 heteroatoms. The zero-order chi connectivity index (χ0) is 19.0. The molecule has 0 aliphatic heterocycles. The van der Waals surface area contributed by atoms with Crippen molar-refractivity contribution in [3.8, 4) is 0 Å². The van der Waals surface area contributed by atoms with Crippen LogP contribution in [0.1, 0.15) is 72.4 Å². The first-order chi connectivity index (χ1) is 11.6. The zero-order valence-corrected chi connectivity index (χ0v) is 17.2. The molecule has 0 aliphatic rings. The molecule has 0 radical (unpaired) electrons. The molecule has 0 fully saturated rings. The molecule has 0 atom stereocenters. The van der Waals surface area contributed by atoms with E-state index in [4.69, 9.17) is 0 Å². The molecule has 1 aromatic rings. The van der Waals surface area contributed by atoms with Gasteiger partial charge in [0.15, 0.2) is 0 Å². The maximum absolute atomic E-state index is 3.82. The van der Waals surface area contributed by atoms with Crippen LogP contribution in [-0.2, 0) is 0 Å². The summed E-state index contributed by atoms with van der Waals surface area (Å²) < 4.78 is 0. The number of hydrogen-bond donors (Lipinski definition) is 0.